The van der Waals surface area contributed by atoms with E-state index in [1.807, 2.05) is 19.1 Å². The maximum atomic E-state index is 10.5. The number of aliphatic hydroxyl groups excluding tert-OH is 1. The predicted molar refractivity (Wildman–Crippen MR) is 82.0 cm³/mol. The van der Waals surface area contributed by atoms with E-state index in [0.717, 1.165) is 49.4 Å². The standard InChI is InChI=1S/C17H25NO3/c1-3-21-15-6-4-5-13(17(15)20-2)11-14-16(19)12-7-9-18(14)10-8-12/h4-6,12,14,16,19H,3,7-11H2,1-2H3. The average molecular weight is 291 g/mol. The lowest BCUT2D eigenvalue weighted by atomic mass is 9.78. The summed E-state index contributed by atoms with van der Waals surface area (Å²) >= 11 is 0. The zero-order valence-electron chi connectivity index (χ0n) is 12.9. The van der Waals surface area contributed by atoms with Crippen molar-refractivity contribution in [1.82, 2.24) is 4.90 Å². The molecule has 0 amide bonds. The van der Waals surface area contributed by atoms with Gasteiger partial charge in [-0.05, 0) is 56.8 Å². The van der Waals surface area contributed by atoms with E-state index in [1.54, 1.807) is 7.11 Å². The number of methoxy groups -OCH3 is 1. The van der Waals surface area contributed by atoms with E-state index in [2.05, 4.69) is 11.0 Å². The smallest absolute Gasteiger partial charge is 0.163 e. The average Bonchev–Trinajstić information content (AvgIpc) is 2.52. The lowest BCUT2D eigenvalue weighted by molar-refractivity contribution is -0.0716. The van der Waals surface area contributed by atoms with Crippen molar-refractivity contribution in [3.05, 3.63) is 23.8 Å². The monoisotopic (exact) mass is 291 g/mol. The first-order valence-corrected chi connectivity index (χ1v) is 7.95. The molecule has 116 valence electrons. The topological polar surface area (TPSA) is 41.9 Å². The summed E-state index contributed by atoms with van der Waals surface area (Å²) in [7, 11) is 1.69. The molecule has 0 aliphatic carbocycles. The predicted octanol–water partition coefficient (Wildman–Crippen LogP) is 2.09. The number of rotatable bonds is 5. The first kappa shape index (κ1) is 14.7. The van der Waals surface area contributed by atoms with Crippen LogP contribution in [0.1, 0.15) is 25.3 Å². The van der Waals surface area contributed by atoms with Gasteiger partial charge in [-0.25, -0.2) is 0 Å². The van der Waals surface area contributed by atoms with E-state index in [0.29, 0.717) is 12.5 Å². The van der Waals surface area contributed by atoms with Crippen LogP contribution in [0.15, 0.2) is 18.2 Å². The Morgan fingerprint density at radius 2 is 2.05 bits per heavy atom. The molecule has 3 fully saturated rings. The van der Waals surface area contributed by atoms with Gasteiger partial charge in [-0.15, -0.1) is 0 Å². The van der Waals surface area contributed by atoms with Crippen LogP contribution in [-0.4, -0.2) is 49.0 Å². The fraction of sp³-hybridized carbons (Fsp3) is 0.647. The normalized spacial score (nSPS) is 31.2. The Kier molecular flexibility index (Phi) is 4.36. The summed E-state index contributed by atoms with van der Waals surface area (Å²) in [6.45, 7) is 4.82. The van der Waals surface area contributed by atoms with Gasteiger partial charge in [0.15, 0.2) is 11.5 Å². The van der Waals surface area contributed by atoms with Crippen LogP contribution in [0.4, 0.5) is 0 Å². The Balaban J connectivity index is 1.82. The molecule has 1 aromatic rings. The maximum absolute atomic E-state index is 10.5. The van der Waals surface area contributed by atoms with E-state index in [4.69, 9.17) is 9.47 Å². The van der Waals surface area contributed by atoms with Crippen molar-refractivity contribution in [2.75, 3.05) is 26.8 Å². The largest absolute Gasteiger partial charge is 0.493 e. The number of piperidine rings is 3. The highest BCUT2D eigenvalue weighted by Crippen LogP contribution is 2.37. The summed E-state index contributed by atoms with van der Waals surface area (Å²) in [6, 6.07) is 6.24. The summed E-state index contributed by atoms with van der Waals surface area (Å²) in [5, 5.41) is 10.5. The Bertz CT molecular complexity index is 481. The molecule has 4 nitrogen and oxygen atoms in total. The molecule has 3 heterocycles. The molecule has 0 radical (unpaired) electrons. The number of fused-ring (bicyclic) bond motifs is 3. The molecule has 1 aromatic carbocycles. The highest BCUT2D eigenvalue weighted by molar-refractivity contribution is 5.47. The van der Waals surface area contributed by atoms with Gasteiger partial charge < -0.3 is 14.6 Å². The second kappa shape index (κ2) is 6.24. The van der Waals surface area contributed by atoms with Gasteiger partial charge in [0.05, 0.1) is 19.8 Å². The number of hydrogen-bond donors (Lipinski definition) is 1. The van der Waals surface area contributed by atoms with Gasteiger partial charge in [0, 0.05) is 6.04 Å². The number of benzene rings is 1. The zero-order chi connectivity index (χ0) is 14.8. The molecular formula is C17H25NO3. The minimum atomic E-state index is -0.215. The number of hydrogen-bond acceptors (Lipinski definition) is 4. The van der Waals surface area contributed by atoms with Crippen molar-refractivity contribution in [2.45, 2.75) is 38.3 Å². The molecular weight excluding hydrogens is 266 g/mol. The van der Waals surface area contributed by atoms with Crippen molar-refractivity contribution < 1.29 is 14.6 Å². The molecule has 2 atom stereocenters. The van der Waals surface area contributed by atoms with Crippen LogP contribution in [0.25, 0.3) is 0 Å². The van der Waals surface area contributed by atoms with Crippen LogP contribution in [0, 0.1) is 5.92 Å². The van der Waals surface area contributed by atoms with E-state index in [1.165, 1.54) is 0 Å². The Morgan fingerprint density at radius 1 is 1.29 bits per heavy atom. The quantitative estimate of drug-likeness (QED) is 0.902. The molecule has 3 aliphatic heterocycles. The summed E-state index contributed by atoms with van der Waals surface area (Å²) in [5.74, 6) is 2.08. The van der Waals surface area contributed by atoms with E-state index < -0.39 is 0 Å². The van der Waals surface area contributed by atoms with Crippen molar-refractivity contribution >= 4 is 0 Å². The lowest BCUT2D eigenvalue weighted by Gasteiger charge is -2.49. The summed E-state index contributed by atoms with van der Waals surface area (Å²) in [6.07, 6.45) is 2.87. The molecule has 0 aromatic heterocycles. The second-order valence-corrected chi connectivity index (χ2v) is 6.02. The molecule has 3 aliphatic rings. The molecule has 0 spiro atoms. The zero-order valence-corrected chi connectivity index (χ0v) is 12.9. The molecule has 2 bridgehead atoms. The number of aliphatic hydroxyl groups is 1. The van der Waals surface area contributed by atoms with Gasteiger partial charge in [-0.1, -0.05) is 12.1 Å². The van der Waals surface area contributed by atoms with Crippen LogP contribution < -0.4 is 9.47 Å². The van der Waals surface area contributed by atoms with Crippen molar-refractivity contribution in [3.63, 3.8) is 0 Å². The Labute approximate surface area is 126 Å². The van der Waals surface area contributed by atoms with Gasteiger partial charge in [0.1, 0.15) is 0 Å². The van der Waals surface area contributed by atoms with Crippen LogP contribution >= 0.6 is 0 Å². The third-order valence-corrected chi connectivity index (χ3v) is 4.91. The third kappa shape index (κ3) is 2.74. The van der Waals surface area contributed by atoms with E-state index >= 15 is 0 Å². The molecule has 4 heteroatoms. The van der Waals surface area contributed by atoms with Gasteiger partial charge >= 0.3 is 0 Å². The fourth-order valence-corrected chi connectivity index (χ4v) is 3.82. The van der Waals surface area contributed by atoms with Crippen molar-refractivity contribution in [2.24, 2.45) is 5.92 Å². The number of ether oxygens (including phenoxy) is 2. The van der Waals surface area contributed by atoms with Crippen LogP contribution in [0.5, 0.6) is 11.5 Å². The van der Waals surface area contributed by atoms with Gasteiger partial charge in [-0.2, -0.15) is 0 Å². The Hall–Kier alpha value is -1.26. The second-order valence-electron chi connectivity index (χ2n) is 6.02. The maximum Gasteiger partial charge on any atom is 0.163 e. The number of para-hydroxylation sites is 1. The molecule has 1 N–H and O–H groups in total. The van der Waals surface area contributed by atoms with Gasteiger partial charge in [0.2, 0.25) is 0 Å². The fourth-order valence-electron chi connectivity index (χ4n) is 3.82. The SMILES string of the molecule is CCOc1cccc(CC2C(O)C3CCN2CC3)c1OC. The van der Waals surface area contributed by atoms with Gasteiger partial charge in [0.25, 0.3) is 0 Å². The van der Waals surface area contributed by atoms with Gasteiger partial charge in [-0.3, -0.25) is 4.90 Å². The molecule has 3 saturated heterocycles. The first-order chi connectivity index (χ1) is 10.2. The highest BCUT2D eigenvalue weighted by atomic mass is 16.5. The molecule has 2 unspecified atom stereocenters. The summed E-state index contributed by atoms with van der Waals surface area (Å²) in [5.41, 5.74) is 1.13. The van der Waals surface area contributed by atoms with Crippen molar-refractivity contribution in [3.8, 4) is 11.5 Å². The lowest BCUT2D eigenvalue weighted by Crippen LogP contribution is -2.58. The summed E-state index contributed by atoms with van der Waals surface area (Å²) < 4.78 is 11.2. The molecule has 0 saturated carbocycles. The molecule has 21 heavy (non-hydrogen) atoms. The van der Waals surface area contributed by atoms with E-state index in [-0.39, 0.29) is 12.1 Å². The minimum absolute atomic E-state index is 0.211. The molecule has 4 rings (SSSR count). The van der Waals surface area contributed by atoms with E-state index in [9.17, 15) is 5.11 Å². The first-order valence-electron chi connectivity index (χ1n) is 7.95. The third-order valence-electron chi connectivity index (χ3n) is 4.91. The van der Waals surface area contributed by atoms with Crippen molar-refractivity contribution in [1.29, 1.82) is 0 Å². The van der Waals surface area contributed by atoms with Crippen LogP contribution in [0.3, 0.4) is 0 Å². The Morgan fingerprint density at radius 3 is 2.67 bits per heavy atom. The van der Waals surface area contributed by atoms with Crippen LogP contribution in [-0.2, 0) is 6.42 Å². The summed E-state index contributed by atoms with van der Waals surface area (Å²) in [4.78, 5) is 2.43. The highest BCUT2D eigenvalue weighted by Gasteiger charge is 2.41. The van der Waals surface area contributed by atoms with Crippen LogP contribution in [0.2, 0.25) is 0 Å². The number of nitrogens with zero attached hydrogens (tertiary/aromatic N) is 1. The minimum Gasteiger partial charge on any atom is -0.493 e.